The van der Waals surface area contributed by atoms with E-state index in [1.165, 1.54) is 5.56 Å². The summed E-state index contributed by atoms with van der Waals surface area (Å²) in [5.74, 6) is 1.70. The molecule has 3 aliphatic rings. The number of hydrogen-bond acceptors (Lipinski definition) is 9. The number of ether oxygens (including phenoxy) is 3. The lowest BCUT2D eigenvalue weighted by Gasteiger charge is -2.26. The number of aromatic nitrogens is 4. The van der Waals surface area contributed by atoms with Crippen LogP contribution in [0.2, 0.25) is 0 Å². The molecule has 1 fully saturated rings. The zero-order chi connectivity index (χ0) is 37.3. The summed E-state index contributed by atoms with van der Waals surface area (Å²) in [5, 5.41) is 6.14. The molecule has 6 heterocycles. The van der Waals surface area contributed by atoms with Gasteiger partial charge in [-0.2, -0.15) is 0 Å². The first-order chi connectivity index (χ1) is 26.4. The summed E-state index contributed by atoms with van der Waals surface area (Å²) in [6, 6.07) is 38.3. The van der Waals surface area contributed by atoms with Crippen LogP contribution >= 0.6 is 47.8 Å². The molecule has 0 aliphatic carbocycles. The molecule has 3 aromatic carbocycles. The second-order valence-corrected chi connectivity index (χ2v) is 14.9. The zero-order valence-electron chi connectivity index (χ0n) is 28.9. The standard InChI is InChI=1S/C15H13Br2N3O.C15H12BrN3O.C10H11NO2/c16-13-7-6-11(15(17)20-13)18-14-9-21-8-12(19-14)10-4-2-1-3-5-10;16-13-7-6-11-15(18-13)19-12(8-20-9-14(19)17-11)10-4-2-1-3-5-10;12-10-7-13-6-9(11-10)8-4-2-1-3-5-8/h1-7,12H,8-9H2,(H,18,19);1-7,12H,8-9H2;1-5,9H,6-7H2,(H,11,12)/t2*12-;9-/m111/s1. The van der Waals surface area contributed by atoms with Gasteiger partial charge in [0.2, 0.25) is 5.91 Å². The van der Waals surface area contributed by atoms with Crippen LogP contribution < -0.4 is 10.6 Å². The van der Waals surface area contributed by atoms with Crippen molar-refractivity contribution < 1.29 is 19.0 Å². The lowest BCUT2D eigenvalue weighted by molar-refractivity contribution is -0.131. The highest BCUT2D eigenvalue weighted by Crippen LogP contribution is 2.30. The van der Waals surface area contributed by atoms with Crippen molar-refractivity contribution in [3.05, 3.63) is 152 Å². The van der Waals surface area contributed by atoms with Gasteiger partial charge < -0.3 is 29.4 Å². The number of carbonyl (C=O) groups is 1. The Kier molecular flexibility index (Phi) is 12.9. The molecule has 54 heavy (non-hydrogen) atoms. The maximum Gasteiger partial charge on any atom is 0.246 e. The Morgan fingerprint density at radius 1 is 0.648 bits per heavy atom. The van der Waals surface area contributed by atoms with Crippen molar-refractivity contribution in [2.75, 3.05) is 38.4 Å². The van der Waals surface area contributed by atoms with Gasteiger partial charge >= 0.3 is 0 Å². The molecule has 1 saturated heterocycles. The van der Waals surface area contributed by atoms with Crippen molar-refractivity contribution in [3.8, 4) is 0 Å². The monoisotopic (exact) mass is 915 g/mol. The van der Waals surface area contributed by atoms with Crippen LogP contribution in [0.1, 0.15) is 40.6 Å². The molecule has 14 heteroatoms. The number of pyridine rings is 2. The fraction of sp³-hybridized carbons (Fsp3) is 0.225. The maximum absolute atomic E-state index is 11.0. The quantitative estimate of drug-likeness (QED) is 0.169. The number of amidine groups is 1. The Morgan fingerprint density at radius 2 is 1.28 bits per heavy atom. The number of fused-ring (bicyclic) bond motifs is 3. The molecule has 0 spiro atoms. The van der Waals surface area contributed by atoms with Gasteiger partial charge in [-0.1, -0.05) is 91.0 Å². The average molecular weight is 918 g/mol. The predicted octanol–water partition coefficient (Wildman–Crippen LogP) is 8.38. The second-order valence-electron chi connectivity index (χ2n) is 12.5. The minimum absolute atomic E-state index is 0.0162. The van der Waals surface area contributed by atoms with Gasteiger partial charge in [0.15, 0.2) is 5.65 Å². The van der Waals surface area contributed by atoms with Crippen LogP contribution in [0.15, 0.2) is 134 Å². The Morgan fingerprint density at radius 3 is 1.98 bits per heavy atom. The third-order valence-corrected chi connectivity index (χ3v) is 10.2. The summed E-state index contributed by atoms with van der Waals surface area (Å²) in [6.07, 6.45) is 0. The molecule has 276 valence electrons. The Balaban J connectivity index is 0.000000129. The number of imidazole rings is 1. The number of morpholine rings is 1. The molecule has 2 N–H and O–H groups in total. The molecular formula is C40H36Br3N7O4. The van der Waals surface area contributed by atoms with Gasteiger partial charge in [-0.15, -0.1) is 0 Å². The largest absolute Gasteiger partial charge is 0.371 e. The van der Waals surface area contributed by atoms with E-state index in [4.69, 9.17) is 19.2 Å². The number of benzene rings is 3. The smallest absolute Gasteiger partial charge is 0.246 e. The van der Waals surface area contributed by atoms with E-state index >= 15 is 0 Å². The van der Waals surface area contributed by atoms with E-state index in [1.807, 2.05) is 91.0 Å². The molecule has 6 aromatic rings. The number of aliphatic imine (C=N–C) groups is 1. The van der Waals surface area contributed by atoms with Gasteiger partial charge in [0.05, 0.1) is 37.6 Å². The molecule has 0 radical (unpaired) electrons. The van der Waals surface area contributed by atoms with Crippen molar-refractivity contribution in [1.29, 1.82) is 0 Å². The number of nitrogens with one attached hydrogen (secondary N) is 2. The Labute approximate surface area is 338 Å². The Bertz CT molecular complexity index is 2210. The minimum Gasteiger partial charge on any atom is -0.371 e. The van der Waals surface area contributed by atoms with Gasteiger partial charge in [0.1, 0.15) is 56.8 Å². The number of hydrogen-bond donors (Lipinski definition) is 2. The topological polar surface area (TPSA) is 125 Å². The summed E-state index contributed by atoms with van der Waals surface area (Å²) in [5.41, 5.74) is 6.16. The van der Waals surface area contributed by atoms with Gasteiger partial charge in [0, 0.05) is 0 Å². The van der Waals surface area contributed by atoms with Gasteiger partial charge in [-0.05, 0) is 88.7 Å². The van der Waals surface area contributed by atoms with Crippen LogP contribution in [0.3, 0.4) is 0 Å². The van der Waals surface area contributed by atoms with Crippen molar-refractivity contribution in [1.82, 2.24) is 24.8 Å². The highest BCUT2D eigenvalue weighted by Gasteiger charge is 2.26. The average Bonchev–Trinajstić information content (AvgIpc) is 3.59. The normalized spacial score (nSPS) is 19.2. The van der Waals surface area contributed by atoms with E-state index in [0.717, 1.165) is 53.4 Å². The van der Waals surface area contributed by atoms with Gasteiger partial charge in [-0.3, -0.25) is 9.79 Å². The summed E-state index contributed by atoms with van der Waals surface area (Å²) in [4.78, 5) is 29.2. The molecule has 3 aliphatic heterocycles. The molecule has 0 bridgehead atoms. The van der Waals surface area contributed by atoms with E-state index in [2.05, 4.69) is 102 Å². The first kappa shape index (κ1) is 38.0. The van der Waals surface area contributed by atoms with E-state index < -0.39 is 0 Å². The van der Waals surface area contributed by atoms with Gasteiger partial charge in [0.25, 0.3) is 0 Å². The molecule has 0 unspecified atom stereocenters. The second kappa shape index (κ2) is 18.3. The molecule has 9 rings (SSSR count). The first-order valence-corrected chi connectivity index (χ1v) is 19.7. The zero-order valence-corrected chi connectivity index (χ0v) is 33.7. The van der Waals surface area contributed by atoms with Crippen LogP contribution in [0, 0.1) is 0 Å². The van der Waals surface area contributed by atoms with Gasteiger partial charge in [-0.25, -0.2) is 15.0 Å². The van der Waals surface area contributed by atoms with Crippen LogP contribution in [0.5, 0.6) is 0 Å². The first-order valence-electron chi connectivity index (χ1n) is 17.3. The highest BCUT2D eigenvalue weighted by atomic mass is 79.9. The predicted molar refractivity (Wildman–Crippen MR) is 218 cm³/mol. The van der Waals surface area contributed by atoms with Crippen LogP contribution in [0.25, 0.3) is 11.2 Å². The highest BCUT2D eigenvalue weighted by molar-refractivity contribution is 9.11. The number of carbonyl (C=O) groups excluding carboxylic acids is 1. The van der Waals surface area contributed by atoms with Crippen LogP contribution in [-0.2, 0) is 25.6 Å². The lowest BCUT2D eigenvalue weighted by Crippen LogP contribution is -2.39. The maximum atomic E-state index is 11.0. The number of rotatable bonds is 4. The van der Waals surface area contributed by atoms with Crippen molar-refractivity contribution in [3.63, 3.8) is 0 Å². The molecule has 0 saturated carbocycles. The fourth-order valence-corrected chi connectivity index (χ4v) is 7.47. The number of halogens is 3. The summed E-state index contributed by atoms with van der Waals surface area (Å²) in [7, 11) is 0. The van der Waals surface area contributed by atoms with Crippen molar-refractivity contribution in [2.24, 2.45) is 4.99 Å². The van der Waals surface area contributed by atoms with Crippen LogP contribution in [-0.4, -0.2) is 64.3 Å². The molecular weight excluding hydrogens is 882 g/mol. The third-order valence-electron chi connectivity index (χ3n) is 8.74. The van der Waals surface area contributed by atoms with E-state index in [-0.39, 0.29) is 30.6 Å². The summed E-state index contributed by atoms with van der Waals surface area (Å²) < 4.78 is 21.0. The van der Waals surface area contributed by atoms with E-state index in [0.29, 0.717) is 33.0 Å². The molecule has 1 amide bonds. The van der Waals surface area contributed by atoms with Crippen LogP contribution in [0.4, 0.5) is 5.69 Å². The number of anilines is 1. The summed E-state index contributed by atoms with van der Waals surface area (Å²) >= 11 is 10.2. The number of amides is 1. The fourth-order valence-electron chi connectivity index (χ4n) is 6.20. The molecule has 3 aromatic heterocycles. The Hall–Kier alpha value is -4.31. The molecule has 3 atom stereocenters. The van der Waals surface area contributed by atoms with E-state index in [9.17, 15) is 4.79 Å². The SMILES string of the molecule is Brc1ccc(NC2=N[C@@H](c3ccccc3)COC2)c(Br)n1.Brc1ccc2nc3n(c2n1)[C@@H](c1ccccc1)COC3.O=C1COC[C@H](c2ccccc2)N1. The van der Waals surface area contributed by atoms with E-state index in [1.54, 1.807) is 0 Å². The van der Waals surface area contributed by atoms with Crippen molar-refractivity contribution >= 4 is 76.4 Å². The molecule has 11 nitrogen and oxygen atoms in total. The van der Waals surface area contributed by atoms with Crippen molar-refractivity contribution in [2.45, 2.75) is 24.7 Å². The number of nitrogens with zero attached hydrogens (tertiary/aromatic N) is 5. The lowest BCUT2D eigenvalue weighted by atomic mass is 10.1. The summed E-state index contributed by atoms with van der Waals surface area (Å²) in [6.45, 7) is 3.02. The third kappa shape index (κ3) is 9.67. The minimum atomic E-state index is -0.0416.